The van der Waals surface area contributed by atoms with Crippen LogP contribution in [0.4, 0.5) is 11.4 Å². The number of nitrogens with zero attached hydrogens (tertiary/aromatic N) is 1. The molecule has 1 atom stereocenters. The number of nitrogens with one attached hydrogen (secondary N) is 1. The van der Waals surface area contributed by atoms with Crippen LogP contribution in [0.15, 0.2) is 48.5 Å². The molecule has 1 aliphatic rings. The fraction of sp³-hybridized carbons (Fsp3) is 0.300. The maximum absolute atomic E-state index is 12.4. The van der Waals surface area contributed by atoms with E-state index in [9.17, 15) is 9.59 Å². The second-order valence-corrected chi connectivity index (χ2v) is 6.50. The standard InChI is InChI=1S/C20H22N2O3/c1-13(2)14-8-10-15(11-9-14)21-19(23)12-18-20(24)22(3)16-6-4-5-7-17(16)25-18/h4-11,13,18H,12H2,1-3H3,(H,21,23). The van der Waals surface area contributed by atoms with E-state index in [0.717, 1.165) is 0 Å². The molecule has 0 fully saturated rings. The smallest absolute Gasteiger partial charge is 0.268 e. The summed E-state index contributed by atoms with van der Waals surface area (Å²) >= 11 is 0. The van der Waals surface area contributed by atoms with Crippen molar-refractivity contribution < 1.29 is 14.3 Å². The van der Waals surface area contributed by atoms with Crippen LogP contribution in [0.1, 0.15) is 31.7 Å². The molecule has 130 valence electrons. The van der Waals surface area contributed by atoms with Gasteiger partial charge >= 0.3 is 0 Å². The van der Waals surface area contributed by atoms with Crippen molar-refractivity contribution in [3.05, 3.63) is 54.1 Å². The lowest BCUT2D eigenvalue weighted by Gasteiger charge is -2.31. The number of likely N-dealkylation sites (N-methyl/N-ethyl adjacent to an activating group) is 1. The number of amides is 2. The zero-order valence-corrected chi connectivity index (χ0v) is 14.7. The van der Waals surface area contributed by atoms with Gasteiger partial charge in [-0.2, -0.15) is 0 Å². The van der Waals surface area contributed by atoms with Crippen LogP contribution in [0.25, 0.3) is 0 Å². The molecule has 5 heteroatoms. The van der Waals surface area contributed by atoms with E-state index in [1.807, 2.05) is 42.5 Å². The number of hydrogen-bond donors (Lipinski definition) is 1. The molecule has 0 radical (unpaired) electrons. The number of carbonyl (C=O) groups is 2. The Labute approximate surface area is 147 Å². The first-order valence-corrected chi connectivity index (χ1v) is 8.39. The molecule has 0 saturated carbocycles. The summed E-state index contributed by atoms with van der Waals surface area (Å²) in [6.07, 6.45) is -0.835. The Balaban J connectivity index is 1.66. The van der Waals surface area contributed by atoms with Gasteiger partial charge in [0, 0.05) is 12.7 Å². The topological polar surface area (TPSA) is 58.6 Å². The van der Waals surface area contributed by atoms with Crippen molar-refractivity contribution in [2.24, 2.45) is 0 Å². The fourth-order valence-electron chi connectivity index (χ4n) is 2.83. The molecule has 2 aromatic carbocycles. The molecule has 25 heavy (non-hydrogen) atoms. The van der Waals surface area contributed by atoms with Crippen LogP contribution in [0.2, 0.25) is 0 Å². The average Bonchev–Trinajstić information content (AvgIpc) is 2.60. The third kappa shape index (κ3) is 3.65. The third-order valence-electron chi connectivity index (χ3n) is 4.33. The van der Waals surface area contributed by atoms with E-state index < -0.39 is 6.10 Å². The van der Waals surface area contributed by atoms with Gasteiger partial charge in [0.1, 0.15) is 5.75 Å². The van der Waals surface area contributed by atoms with Gasteiger partial charge in [-0.15, -0.1) is 0 Å². The van der Waals surface area contributed by atoms with Gasteiger partial charge in [-0.1, -0.05) is 38.1 Å². The normalized spacial score (nSPS) is 16.4. The quantitative estimate of drug-likeness (QED) is 0.927. The molecular formula is C20H22N2O3. The molecule has 0 aromatic heterocycles. The molecule has 0 bridgehead atoms. The van der Waals surface area contributed by atoms with Crippen molar-refractivity contribution >= 4 is 23.2 Å². The largest absolute Gasteiger partial charge is 0.478 e. The van der Waals surface area contributed by atoms with Crippen molar-refractivity contribution in [1.29, 1.82) is 0 Å². The van der Waals surface area contributed by atoms with Crippen LogP contribution in [-0.2, 0) is 9.59 Å². The number of fused-ring (bicyclic) bond motifs is 1. The fourth-order valence-corrected chi connectivity index (χ4v) is 2.83. The molecular weight excluding hydrogens is 316 g/mol. The van der Waals surface area contributed by atoms with Crippen LogP contribution >= 0.6 is 0 Å². The number of anilines is 2. The van der Waals surface area contributed by atoms with Gasteiger partial charge < -0.3 is 15.0 Å². The monoisotopic (exact) mass is 338 g/mol. The van der Waals surface area contributed by atoms with E-state index >= 15 is 0 Å². The van der Waals surface area contributed by atoms with Crippen molar-refractivity contribution in [1.82, 2.24) is 0 Å². The number of para-hydroxylation sites is 2. The summed E-state index contributed by atoms with van der Waals surface area (Å²) in [5, 5.41) is 2.83. The lowest BCUT2D eigenvalue weighted by atomic mass is 10.0. The van der Waals surface area contributed by atoms with Gasteiger partial charge in [0.2, 0.25) is 5.91 Å². The lowest BCUT2D eigenvalue weighted by molar-refractivity contribution is -0.130. The molecule has 0 aliphatic carbocycles. The molecule has 0 saturated heterocycles. The molecule has 0 spiro atoms. The Morgan fingerprint density at radius 3 is 2.52 bits per heavy atom. The first-order valence-electron chi connectivity index (χ1n) is 8.39. The molecule has 1 heterocycles. The van der Waals surface area contributed by atoms with E-state index in [-0.39, 0.29) is 18.2 Å². The molecule has 1 aliphatic heterocycles. The number of ether oxygens (including phenoxy) is 1. The summed E-state index contributed by atoms with van der Waals surface area (Å²) in [4.78, 5) is 26.3. The highest BCUT2D eigenvalue weighted by Gasteiger charge is 2.33. The lowest BCUT2D eigenvalue weighted by Crippen LogP contribution is -2.45. The first-order chi connectivity index (χ1) is 12.0. The van der Waals surface area contributed by atoms with Crippen molar-refractivity contribution in [3.63, 3.8) is 0 Å². The van der Waals surface area contributed by atoms with E-state index in [1.54, 1.807) is 13.1 Å². The van der Waals surface area contributed by atoms with E-state index in [0.29, 0.717) is 23.0 Å². The van der Waals surface area contributed by atoms with Crippen molar-refractivity contribution in [2.45, 2.75) is 32.3 Å². The highest BCUT2D eigenvalue weighted by molar-refractivity contribution is 6.03. The van der Waals surface area contributed by atoms with E-state index in [4.69, 9.17) is 4.74 Å². The Morgan fingerprint density at radius 1 is 1.16 bits per heavy atom. The van der Waals surface area contributed by atoms with Gasteiger partial charge in [-0.3, -0.25) is 9.59 Å². The van der Waals surface area contributed by atoms with Crippen molar-refractivity contribution in [3.8, 4) is 5.75 Å². The molecule has 3 rings (SSSR count). The Morgan fingerprint density at radius 2 is 1.84 bits per heavy atom. The summed E-state index contributed by atoms with van der Waals surface area (Å²) in [5.74, 6) is 0.588. The highest BCUT2D eigenvalue weighted by Crippen LogP contribution is 2.33. The highest BCUT2D eigenvalue weighted by atomic mass is 16.5. The minimum absolute atomic E-state index is 0.0244. The van der Waals surface area contributed by atoms with Crippen molar-refractivity contribution in [2.75, 3.05) is 17.3 Å². The Kier molecular flexibility index (Phi) is 4.74. The minimum Gasteiger partial charge on any atom is -0.478 e. The molecule has 2 aromatic rings. The van der Waals surface area contributed by atoms with Crippen LogP contribution in [0.3, 0.4) is 0 Å². The van der Waals surface area contributed by atoms with Gasteiger partial charge in [0.15, 0.2) is 6.10 Å². The maximum atomic E-state index is 12.4. The number of hydrogen-bond acceptors (Lipinski definition) is 3. The Bertz CT molecular complexity index is 784. The van der Waals surface area contributed by atoms with Crippen LogP contribution in [-0.4, -0.2) is 25.0 Å². The van der Waals surface area contributed by atoms with Crippen LogP contribution in [0, 0.1) is 0 Å². The second kappa shape index (κ2) is 6.97. The second-order valence-electron chi connectivity index (χ2n) is 6.50. The maximum Gasteiger partial charge on any atom is 0.268 e. The van der Waals surface area contributed by atoms with Gasteiger partial charge in [-0.05, 0) is 35.7 Å². The van der Waals surface area contributed by atoms with Crippen LogP contribution in [0.5, 0.6) is 5.75 Å². The summed E-state index contributed by atoms with van der Waals surface area (Å²) < 4.78 is 5.72. The number of carbonyl (C=O) groups excluding carboxylic acids is 2. The summed E-state index contributed by atoms with van der Waals surface area (Å²) in [6, 6.07) is 15.0. The van der Waals surface area contributed by atoms with E-state index in [1.165, 1.54) is 10.5 Å². The summed E-state index contributed by atoms with van der Waals surface area (Å²) in [6.45, 7) is 4.24. The zero-order chi connectivity index (χ0) is 18.0. The zero-order valence-electron chi connectivity index (χ0n) is 14.7. The average molecular weight is 338 g/mol. The SMILES string of the molecule is CC(C)c1ccc(NC(=O)CC2Oc3ccccc3N(C)C2=O)cc1. The third-order valence-corrected chi connectivity index (χ3v) is 4.33. The van der Waals surface area contributed by atoms with Gasteiger partial charge in [-0.25, -0.2) is 0 Å². The number of benzene rings is 2. The van der Waals surface area contributed by atoms with Gasteiger partial charge in [0.05, 0.1) is 12.1 Å². The van der Waals surface area contributed by atoms with E-state index in [2.05, 4.69) is 19.2 Å². The predicted octanol–water partition coefficient (Wildman–Crippen LogP) is 3.56. The van der Waals surface area contributed by atoms with Gasteiger partial charge in [0.25, 0.3) is 5.91 Å². The molecule has 5 nitrogen and oxygen atoms in total. The predicted molar refractivity (Wildman–Crippen MR) is 98.0 cm³/mol. The van der Waals surface area contributed by atoms with Crippen LogP contribution < -0.4 is 15.0 Å². The molecule has 2 amide bonds. The first kappa shape index (κ1) is 17.0. The Hall–Kier alpha value is -2.82. The minimum atomic E-state index is -0.810. The summed E-state index contributed by atoms with van der Waals surface area (Å²) in [5.41, 5.74) is 2.64. The molecule has 1 unspecified atom stereocenters. The molecule has 1 N–H and O–H groups in total. The number of rotatable bonds is 4. The summed E-state index contributed by atoms with van der Waals surface area (Å²) in [7, 11) is 1.69.